The number of hydrogen-bond donors (Lipinski definition) is 2. The zero-order valence-electron chi connectivity index (χ0n) is 12.0. The lowest BCUT2D eigenvalue weighted by atomic mass is 9.96. The third kappa shape index (κ3) is 2.64. The molecule has 1 aliphatic rings. The minimum atomic E-state index is 0. The number of hydrogen-bond acceptors (Lipinski definition) is 3. The summed E-state index contributed by atoms with van der Waals surface area (Å²) in [6.45, 7) is 1.90. The van der Waals surface area contributed by atoms with Gasteiger partial charge in [0, 0.05) is 18.0 Å². The zero-order valence-corrected chi connectivity index (χ0v) is 14.5. The van der Waals surface area contributed by atoms with Crippen LogP contribution in [-0.2, 0) is 0 Å². The minimum Gasteiger partial charge on any atom is -0.316 e. The summed E-state index contributed by atoms with van der Waals surface area (Å²) in [7, 11) is 0. The number of fused-ring (bicyclic) bond motifs is 1. The molecule has 3 aromatic rings. The van der Waals surface area contributed by atoms with E-state index in [1.807, 2.05) is 12.1 Å². The summed E-state index contributed by atoms with van der Waals surface area (Å²) in [4.78, 5) is 13.3. The fourth-order valence-electron chi connectivity index (χ4n) is 3.13. The van der Waals surface area contributed by atoms with Gasteiger partial charge in [0.15, 0.2) is 0 Å². The lowest BCUT2D eigenvalue weighted by Crippen LogP contribution is -2.14. The van der Waals surface area contributed by atoms with Crippen molar-refractivity contribution >= 4 is 39.3 Å². The Morgan fingerprint density at radius 3 is 2.68 bits per heavy atom. The molecule has 22 heavy (non-hydrogen) atoms. The molecule has 0 aliphatic carbocycles. The van der Waals surface area contributed by atoms with Crippen LogP contribution in [0.25, 0.3) is 21.2 Å². The van der Waals surface area contributed by atoms with Crippen molar-refractivity contribution in [3.8, 4) is 10.4 Å². The second-order valence-electron chi connectivity index (χ2n) is 5.53. The second kappa shape index (κ2) is 6.36. The van der Waals surface area contributed by atoms with Gasteiger partial charge < -0.3 is 5.32 Å². The summed E-state index contributed by atoms with van der Waals surface area (Å²) < 4.78 is 2.92. The topological polar surface area (TPSA) is 44.9 Å². The van der Waals surface area contributed by atoms with E-state index in [0.717, 1.165) is 35.5 Å². The van der Waals surface area contributed by atoms with Gasteiger partial charge in [0.2, 0.25) is 0 Å². The summed E-state index contributed by atoms with van der Waals surface area (Å²) in [6.07, 6.45) is 1.04. The van der Waals surface area contributed by atoms with Crippen LogP contribution in [0.5, 0.6) is 0 Å². The Balaban J connectivity index is 0.00000144. The average Bonchev–Trinajstić information content (AvgIpc) is 3.15. The predicted octanol–water partition coefficient (Wildman–Crippen LogP) is 3.91. The van der Waals surface area contributed by atoms with Crippen molar-refractivity contribution in [1.29, 1.82) is 0 Å². The van der Waals surface area contributed by atoms with Gasteiger partial charge in [-0.15, -0.1) is 17.0 Å². The number of aromatic amines is 1. The highest BCUT2D eigenvalue weighted by Gasteiger charge is 2.24. The van der Waals surface area contributed by atoms with Gasteiger partial charge in [0.25, 0.3) is 5.56 Å². The first-order valence-corrected chi connectivity index (χ1v) is 8.06. The molecule has 1 unspecified atom stereocenters. The first kappa shape index (κ1) is 15.5. The third-order valence-corrected chi connectivity index (χ3v) is 5.16. The second-order valence-corrected chi connectivity index (χ2v) is 6.34. The van der Waals surface area contributed by atoms with Crippen molar-refractivity contribution in [3.05, 3.63) is 58.4 Å². The molecule has 1 fully saturated rings. The third-order valence-electron chi connectivity index (χ3n) is 4.22. The fourth-order valence-corrected chi connectivity index (χ4v) is 4.05. The summed E-state index contributed by atoms with van der Waals surface area (Å²) in [5.41, 5.74) is 2.18. The van der Waals surface area contributed by atoms with E-state index < -0.39 is 0 Å². The van der Waals surface area contributed by atoms with Crippen LogP contribution in [0.15, 0.2) is 47.3 Å². The first-order valence-electron chi connectivity index (χ1n) is 7.24. The molecule has 0 saturated carbocycles. The van der Waals surface area contributed by atoms with E-state index in [9.17, 15) is 4.79 Å². The standard InChI is InChI=1S/C17H16N2OS.BrH/c20-17-15(14-7-8-18-10-14)16(21-19-17)13-6-5-11-3-1-2-4-12(11)9-13;/h1-6,9,14,18H,7-8,10H2,(H,19,20);1H. The molecule has 2 heterocycles. The monoisotopic (exact) mass is 376 g/mol. The molecular formula is C17H17BrN2OS. The van der Waals surface area contributed by atoms with Gasteiger partial charge in [0.1, 0.15) is 0 Å². The molecule has 114 valence electrons. The molecule has 1 aliphatic heterocycles. The molecule has 0 spiro atoms. The van der Waals surface area contributed by atoms with Crippen LogP contribution < -0.4 is 10.9 Å². The number of benzene rings is 2. The van der Waals surface area contributed by atoms with E-state index >= 15 is 0 Å². The Kier molecular flexibility index (Phi) is 4.47. The van der Waals surface area contributed by atoms with E-state index in [2.05, 4.69) is 40.0 Å². The largest absolute Gasteiger partial charge is 0.316 e. The number of rotatable bonds is 2. The molecule has 3 nitrogen and oxygen atoms in total. The van der Waals surface area contributed by atoms with Gasteiger partial charge in [-0.3, -0.25) is 9.17 Å². The number of nitrogens with one attached hydrogen (secondary N) is 2. The van der Waals surface area contributed by atoms with Crippen molar-refractivity contribution in [3.63, 3.8) is 0 Å². The van der Waals surface area contributed by atoms with Gasteiger partial charge in [-0.25, -0.2) is 0 Å². The maximum absolute atomic E-state index is 12.2. The van der Waals surface area contributed by atoms with E-state index in [0.29, 0.717) is 5.92 Å². The molecule has 1 aromatic heterocycles. The van der Waals surface area contributed by atoms with Crippen molar-refractivity contribution in [2.45, 2.75) is 12.3 Å². The average molecular weight is 377 g/mol. The molecule has 2 N–H and O–H groups in total. The van der Waals surface area contributed by atoms with E-state index in [4.69, 9.17) is 0 Å². The first-order chi connectivity index (χ1) is 10.3. The number of halogens is 1. The van der Waals surface area contributed by atoms with Gasteiger partial charge >= 0.3 is 0 Å². The molecule has 1 atom stereocenters. The van der Waals surface area contributed by atoms with E-state index in [-0.39, 0.29) is 22.5 Å². The zero-order chi connectivity index (χ0) is 14.2. The van der Waals surface area contributed by atoms with Crippen molar-refractivity contribution in [2.75, 3.05) is 13.1 Å². The van der Waals surface area contributed by atoms with Crippen LogP contribution in [-0.4, -0.2) is 17.5 Å². The maximum atomic E-state index is 12.2. The number of aromatic nitrogens is 1. The van der Waals surface area contributed by atoms with Crippen molar-refractivity contribution in [1.82, 2.24) is 9.69 Å². The van der Waals surface area contributed by atoms with Crippen LogP contribution >= 0.6 is 28.5 Å². The van der Waals surface area contributed by atoms with Crippen LogP contribution in [0.3, 0.4) is 0 Å². The van der Waals surface area contributed by atoms with Crippen LogP contribution in [0.4, 0.5) is 0 Å². The van der Waals surface area contributed by atoms with Crippen LogP contribution in [0.1, 0.15) is 17.9 Å². The Hall–Kier alpha value is -1.43. The highest BCUT2D eigenvalue weighted by Crippen LogP contribution is 2.34. The summed E-state index contributed by atoms with van der Waals surface area (Å²) >= 11 is 1.46. The summed E-state index contributed by atoms with van der Waals surface area (Å²) in [5.74, 6) is 0.335. The lowest BCUT2D eigenvalue weighted by Gasteiger charge is -2.09. The molecule has 0 radical (unpaired) electrons. The van der Waals surface area contributed by atoms with E-state index in [1.165, 1.54) is 22.3 Å². The lowest BCUT2D eigenvalue weighted by molar-refractivity contribution is 0.759. The molecular weight excluding hydrogens is 360 g/mol. The minimum absolute atomic E-state index is 0. The fraction of sp³-hybridized carbons (Fsp3) is 0.235. The Morgan fingerprint density at radius 2 is 1.91 bits per heavy atom. The van der Waals surface area contributed by atoms with Gasteiger partial charge in [-0.05, 0) is 35.4 Å². The molecule has 0 bridgehead atoms. The Bertz CT molecular complexity index is 849. The van der Waals surface area contributed by atoms with Crippen LogP contribution in [0, 0.1) is 0 Å². The smallest absolute Gasteiger partial charge is 0.262 e. The molecule has 5 heteroatoms. The van der Waals surface area contributed by atoms with Crippen molar-refractivity contribution in [2.24, 2.45) is 0 Å². The Morgan fingerprint density at radius 1 is 1.09 bits per heavy atom. The molecule has 1 saturated heterocycles. The normalized spacial score (nSPS) is 17.5. The summed E-state index contributed by atoms with van der Waals surface area (Å²) in [5, 5.41) is 5.79. The molecule has 4 rings (SSSR count). The van der Waals surface area contributed by atoms with Crippen molar-refractivity contribution < 1.29 is 0 Å². The predicted molar refractivity (Wildman–Crippen MR) is 98.4 cm³/mol. The summed E-state index contributed by atoms with van der Waals surface area (Å²) in [6, 6.07) is 14.8. The molecule has 0 amide bonds. The van der Waals surface area contributed by atoms with Gasteiger partial charge in [0.05, 0.1) is 4.88 Å². The maximum Gasteiger partial charge on any atom is 0.262 e. The van der Waals surface area contributed by atoms with Gasteiger partial charge in [-0.1, -0.05) is 47.9 Å². The SMILES string of the molecule is Br.O=c1[nH]sc(-c2ccc3ccccc3c2)c1C1CCNC1. The van der Waals surface area contributed by atoms with Crippen LogP contribution in [0.2, 0.25) is 0 Å². The Labute approximate surface area is 143 Å². The van der Waals surface area contributed by atoms with E-state index in [1.54, 1.807) is 0 Å². The number of H-pyrrole nitrogens is 1. The van der Waals surface area contributed by atoms with Gasteiger partial charge in [-0.2, -0.15) is 0 Å². The highest BCUT2D eigenvalue weighted by atomic mass is 79.9. The quantitative estimate of drug-likeness (QED) is 0.711. The molecule has 2 aromatic carbocycles. The highest BCUT2D eigenvalue weighted by molar-refractivity contribution is 8.93.